The minimum absolute atomic E-state index is 0.131. The van der Waals surface area contributed by atoms with E-state index in [1.807, 2.05) is 30.3 Å². The van der Waals surface area contributed by atoms with Crippen molar-refractivity contribution in [2.24, 2.45) is 0 Å². The highest BCUT2D eigenvalue weighted by Gasteiger charge is 2.16. The summed E-state index contributed by atoms with van der Waals surface area (Å²) in [6.07, 6.45) is 5.11. The van der Waals surface area contributed by atoms with E-state index in [4.69, 9.17) is 0 Å². The van der Waals surface area contributed by atoms with Crippen LogP contribution in [0.3, 0.4) is 0 Å². The van der Waals surface area contributed by atoms with Crippen LogP contribution in [0.5, 0.6) is 5.75 Å². The van der Waals surface area contributed by atoms with Crippen LogP contribution in [-0.4, -0.2) is 35.2 Å². The molecule has 32 heavy (non-hydrogen) atoms. The lowest BCUT2D eigenvalue weighted by Crippen LogP contribution is -1.86. The van der Waals surface area contributed by atoms with Crippen molar-refractivity contribution in [1.29, 1.82) is 0 Å². The maximum Gasteiger partial charge on any atom is 0.138 e. The van der Waals surface area contributed by atoms with Crippen LogP contribution in [-0.2, 0) is 0 Å². The second-order valence-electron chi connectivity index (χ2n) is 7.40. The molecule has 0 fully saturated rings. The number of phenolic OH excluding ortho intramolecular Hbond substituents is 1. The van der Waals surface area contributed by atoms with Crippen LogP contribution in [0, 0.1) is 5.82 Å². The van der Waals surface area contributed by atoms with Crippen LogP contribution in [0.4, 0.5) is 4.39 Å². The third-order valence-corrected chi connectivity index (χ3v) is 5.36. The summed E-state index contributed by atoms with van der Waals surface area (Å²) < 4.78 is 13.9. The molecule has 3 N–H and O–H groups in total. The van der Waals surface area contributed by atoms with Gasteiger partial charge in [-0.2, -0.15) is 5.10 Å². The van der Waals surface area contributed by atoms with Gasteiger partial charge in [-0.15, -0.1) is 0 Å². The van der Waals surface area contributed by atoms with Crippen LogP contribution in [0.1, 0.15) is 0 Å². The SMILES string of the molecule is Oc1cc(F)cc(-c2ccnc3[nH]c(-c4n[nH]c5cnc(-c6ccccn6)cc45)cc23)c1. The first-order valence-electron chi connectivity index (χ1n) is 9.89. The van der Waals surface area contributed by atoms with E-state index in [1.54, 1.807) is 24.7 Å². The molecule has 5 heterocycles. The van der Waals surface area contributed by atoms with E-state index < -0.39 is 5.82 Å². The van der Waals surface area contributed by atoms with Crippen molar-refractivity contribution in [3.05, 3.63) is 79.0 Å². The number of phenols is 1. The van der Waals surface area contributed by atoms with Gasteiger partial charge in [-0.05, 0) is 53.6 Å². The van der Waals surface area contributed by atoms with Crippen molar-refractivity contribution in [2.75, 3.05) is 0 Å². The fourth-order valence-corrected chi connectivity index (χ4v) is 3.91. The Morgan fingerprint density at radius 2 is 1.78 bits per heavy atom. The van der Waals surface area contributed by atoms with Gasteiger partial charge < -0.3 is 10.1 Å². The van der Waals surface area contributed by atoms with E-state index in [0.717, 1.165) is 45.0 Å². The lowest BCUT2D eigenvalue weighted by molar-refractivity contribution is 0.469. The molecule has 1 aromatic carbocycles. The molecule has 6 aromatic rings. The summed E-state index contributed by atoms with van der Waals surface area (Å²) in [5, 5.41) is 19.0. The molecule has 0 atom stereocenters. The zero-order chi connectivity index (χ0) is 21.7. The van der Waals surface area contributed by atoms with Gasteiger partial charge in [0.1, 0.15) is 22.9 Å². The maximum absolute atomic E-state index is 13.9. The van der Waals surface area contributed by atoms with Crippen LogP contribution in [0.25, 0.3) is 55.8 Å². The van der Waals surface area contributed by atoms with Crippen molar-refractivity contribution in [3.8, 4) is 39.7 Å². The molecule has 0 unspecified atom stereocenters. The minimum atomic E-state index is -0.506. The van der Waals surface area contributed by atoms with Crippen LogP contribution in [0.15, 0.2) is 73.2 Å². The first-order valence-corrected chi connectivity index (χ1v) is 9.89. The number of aromatic hydroxyl groups is 1. The third kappa shape index (κ3) is 2.97. The summed E-state index contributed by atoms with van der Waals surface area (Å²) >= 11 is 0. The summed E-state index contributed by atoms with van der Waals surface area (Å²) in [6.45, 7) is 0. The summed E-state index contributed by atoms with van der Waals surface area (Å²) in [7, 11) is 0. The molecule has 6 rings (SSSR count). The zero-order valence-electron chi connectivity index (χ0n) is 16.5. The minimum Gasteiger partial charge on any atom is -0.508 e. The van der Waals surface area contributed by atoms with Gasteiger partial charge in [0, 0.05) is 29.2 Å². The molecule has 0 aliphatic rings. The van der Waals surface area contributed by atoms with Gasteiger partial charge >= 0.3 is 0 Å². The molecular weight excluding hydrogens is 407 g/mol. The average Bonchev–Trinajstić information content (AvgIpc) is 3.42. The van der Waals surface area contributed by atoms with E-state index in [0.29, 0.717) is 16.9 Å². The van der Waals surface area contributed by atoms with Crippen molar-refractivity contribution < 1.29 is 9.50 Å². The van der Waals surface area contributed by atoms with E-state index in [2.05, 4.69) is 30.1 Å². The fourth-order valence-electron chi connectivity index (χ4n) is 3.91. The molecule has 154 valence electrons. The molecule has 0 aliphatic carbocycles. The lowest BCUT2D eigenvalue weighted by Gasteiger charge is -2.04. The fraction of sp³-hybridized carbons (Fsp3) is 0. The predicted octanol–water partition coefficient (Wildman–Crippen LogP) is 5.07. The quantitative estimate of drug-likeness (QED) is 0.369. The number of hydrogen-bond donors (Lipinski definition) is 3. The molecule has 0 amide bonds. The van der Waals surface area contributed by atoms with Crippen LogP contribution in [0.2, 0.25) is 0 Å². The van der Waals surface area contributed by atoms with Gasteiger partial charge in [0.2, 0.25) is 0 Å². The predicted molar refractivity (Wildman–Crippen MR) is 119 cm³/mol. The Balaban J connectivity index is 1.52. The van der Waals surface area contributed by atoms with E-state index in [9.17, 15) is 9.50 Å². The second kappa shape index (κ2) is 6.98. The van der Waals surface area contributed by atoms with Crippen molar-refractivity contribution in [3.63, 3.8) is 0 Å². The number of benzene rings is 1. The average molecular weight is 422 g/mol. The second-order valence-corrected chi connectivity index (χ2v) is 7.40. The Morgan fingerprint density at radius 3 is 2.62 bits per heavy atom. The number of pyridine rings is 3. The van der Waals surface area contributed by atoms with Crippen molar-refractivity contribution >= 4 is 21.9 Å². The lowest BCUT2D eigenvalue weighted by atomic mass is 10.0. The van der Waals surface area contributed by atoms with Crippen LogP contribution < -0.4 is 0 Å². The molecule has 0 saturated heterocycles. The highest BCUT2D eigenvalue weighted by molar-refractivity contribution is 6.00. The highest BCUT2D eigenvalue weighted by atomic mass is 19.1. The number of nitrogens with one attached hydrogen (secondary N) is 2. The summed E-state index contributed by atoms with van der Waals surface area (Å²) in [4.78, 5) is 16.6. The molecular formula is C24H15FN6O. The number of fused-ring (bicyclic) bond motifs is 2. The van der Waals surface area contributed by atoms with Gasteiger partial charge in [0.25, 0.3) is 0 Å². The summed E-state index contributed by atoms with van der Waals surface area (Å²) in [5.41, 5.74) is 5.73. The van der Waals surface area contributed by atoms with Gasteiger partial charge in [0.05, 0.1) is 28.8 Å². The number of rotatable bonds is 3. The molecule has 0 spiro atoms. The Morgan fingerprint density at radius 1 is 0.844 bits per heavy atom. The third-order valence-electron chi connectivity index (χ3n) is 5.36. The van der Waals surface area contributed by atoms with E-state index in [1.165, 1.54) is 12.1 Å². The molecule has 0 aliphatic heterocycles. The first kappa shape index (κ1) is 18.2. The summed E-state index contributed by atoms with van der Waals surface area (Å²) in [6, 6.07) is 15.3. The van der Waals surface area contributed by atoms with Crippen molar-refractivity contribution in [1.82, 2.24) is 30.1 Å². The number of hydrogen-bond acceptors (Lipinski definition) is 5. The van der Waals surface area contributed by atoms with Crippen molar-refractivity contribution in [2.45, 2.75) is 0 Å². The maximum atomic E-state index is 13.9. The molecule has 0 radical (unpaired) electrons. The Bertz CT molecular complexity index is 1590. The van der Waals surface area contributed by atoms with Crippen LogP contribution >= 0.6 is 0 Å². The molecule has 5 aromatic heterocycles. The van der Waals surface area contributed by atoms with Gasteiger partial charge in [0.15, 0.2) is 0 Å². The number of aromatic nitrogens is 6. The Hall–Kier alpha value is -4.59. The number of aromatic amines is 2. The number of nitrogens with zero attached hydrogens (tertiary/aromatic N) is 4. The van der Waals surface area contributed by atoms with E-state index >= 15 is 0 Å². The molecule has 0 bridgehead atoms. The van der Waals surface area contributed by atoms with Gasteiger partial charge in [-0.25, -0.2) is 9.37 Å². The first-order chi connectivity index (χ1) is 15.7. The van der Waals surface area contributed by atoms with Gasteiger partial charge in [-0.3, -0.25) is 15.1 Å². The topological polar surface area (TPSA) is 103 Å². The number of halogens is 1. The molecule has 7 nitrogen and oxygen atoms in total. The Kier molecular flexibility index (Phi) is 3.97. The smallest absolute Gasteiger partial charge is 0.138 e. The summed E-state index contributed by atoms with van der Waals surface area (Å²) in [5.74, 6) is -0.637. The van der Waals surface area contributed by atoms with E-state index in [-0.39, 0.29) is 5.75 Å². The van der Waals surface area contributed by atoms with Gasteiger partial charge in [-0.1, -0.05) is 6.07 Å². The largest absolute Gasteiger partial charge is 0.508 e. The Labute approximate surface area is 180 Å². The zero-order valence-corrected chi connectivity index (χ0v) is 16.5. The normalized spacial score (nSPS) is 11.4. The number of H-pyrrole nitrogens is 2. The standard InChI is InChI=1S/C24H15FN6O/c25-14-7-13(8-15(32)9-14)16-4-6-27-24-17(16)10-21(29-24)23-18-11-20(19-3-1-2-5-26-19)28-12-22(18)30-31-23/h1-12,32H,(H,27,29)(H,30,31). The monoisotopic (exact) mass is 422 g/mol. The molecule has 8 heteroatoms. The highest BCUT2D eigenvalue weighted by Crippen LogP contribution is 2.35. The molecule has 0 saturated carbocycles.